The molecule has 0 amide bonds. The highest BCUT2D eigenvalue weighted by atomic mass is 15.4. The normalized spacial score (nSPS) is 11.6. The third-order valence-corrected chi connectivity index (χ3v) is 2.15. The van der Waals surface area contributed by atoms with Gasteiger partial charge < -0.3 is 0 Å². The standard InChI is InChI=1S/C10H19N3/c1-2-3-4-5-6-7-9-13-10-8-11-12-13/h8,10H,2-7,9H2,1H3/i10D. The van der Waals surface area contributed by atoms with Gasteiger partial charge in [0.1, 0.15) is 0 Å². The van der Waals surface area contributed by atoms with E-state index >= 15 is 0 Å². The molecule has 74 valence electrons. The van der Waals surface area contributed by atoms with Gasteiger partial charge in [0.15, 0.2) is 0 Å². The number of nitrogens with zero attached hydrogens (tertiary/aromatic N) is 3. The Balaban J connectivity index is 2.02. The van der Waals surface area contributed by atoms with Crippen molar-refractivity contribution in [2.75, 3.05) is 0 Å². The van der Waals surface area contributed by atoms with Crippen molar-refractivity contribution in [1.29, 1.82) is 0 Å². The fourth-order valence-electron chi connectivity index (χ4n) is 1.36. The van der Waals surface area contributed by atoms with Gasteiger partial charge in [-0.1, -0.05) is 44.2 Å². The van der Waals surface area contributed by atoms with Crippen molar-refractivity contribution in [1.82, 2.24) is 15.0 Å². The molecule has 0 unspecified atom stereocenters. The molecule has 0 aliphatic carbocycles. The van der Waals surface area contributed by atoms with Crippen LogP contribution < -0.4 is 0 Å². The Kier molecular flexibility index (Phi) is 4.45. The van der Waals surface area contributed by atoms with Crippen LogP contribution in [0.25, 0.3) is 0 Å². The van der Waals surface area contributed by atoms with Crippen LogP contribution in [0, 0.1) is 0 Å². The number of hydrogen-bond donors (Lipinski definition) is 0. The number of aryl methyl sites for hydroxylation is 1. The zero-order chi connectivity index (χ0) is 10.2. The first-order valence-electron chi connectivity index (χ1n) is 5.69. The number of aromatic nitrogens is 3. The maximum Gasteiger partial charge on any atom is 0.0854 e. The Labute approximate surface area is 81.6 Å². The highest BCUT2D eigenvalue weighted by molar-refractivity contribution is 4.63. The first kappa shape index (κ1) is 8.73. The van der Waals surface area contributed by atoms with Crippen molar-refractivity contribution in [3.8, 4) is 0 Å². The van der Waals surface area contributed by atoms with Gasteiger partial charge in [-0.15, -0.1) is 5.10 Å². The lowest BCUT2D eigenvalue weighted by Gasteiger charge is -2.00. The highest BCUT2D eigenvalue weighted by Gasteiger charge is 1.92. The fourth-order valence-corrected chi connectivity index (χ4v) is 1.36. The second kappa shape index (κ2) is 6.63. The monoisotopic (exact) mass is 182 g/mol. The molecular weight excluding hydrogens is 162 g/mol. The second-order valence-corrected chi connectivity index (χ2v) is 3.35. The molecule has 0 saturated carbocycles. The van der Waals surface area contributed by atoms with E-state index in [1.54, 1.807) is 4.68 Å². The fraction of sp³-hybridized carbons (Fsp3) is 0.800. The van der Waals surface area contributed by atoms with Crippen molar-refractivity contribution >= 4 is 0 Å². The Hall–Kier alpha value is -0.860. The summed E-state index contributed by atoms with van der Waals surface area (Å²) in [6, 6.07) is 0. The number of unbranched alkanes of at least 4 members (excludes halogenated alkanes) is 5. The van der Waals surface area contributed by atoms with E-state index in [2.05, 4.69) is 17.2 Å². The summed E-state index contributed by atoms with van der Waals surface area (Å²) in [5.74, 6) is 0. The lowest BCUT2D eigenvalue weighted by atomic mass is 10.1. The minimum atomic E-state index is 0.415. The summed E-state index contributed by atoms with van der Waals surface area (Å²) in [5, 5.41) is 7.50. The van der Waals surface area contributed by atoms with Crippen molar-refractivity contribution in [2.24, 2.45) is 0 Å². The van der Waals surface area contributed by atoms with E-state index < -0.39 is 0 Å². The van der Waals surface area contributed by atoms with Crippen molar-refractivity contribution in [2.45, 2.75) is 52.0 Å². The molecule has 1 aromatic heterocycles. The van der Waals surface area contributed by atoms with Crippen LogP contribution in [0.4, 0.5) is 0 Å². The largest absolute Gasteiger partial charge is 0.253 e. The van der Waals surface area contributed by atoms with Gasteiger partial charge in [-0.2, -0.15) is 0 Å². The number of hydrogen-bond acceptors (Lipinski definition) is 2. The molecule has 0 aromatic carbocycles. The lowest BCUT2D eigenvalue weighted by Crippen LogP contribution is -1.98. The van der Waals surface area contributed by atoms with E-state index in [0.29, 0.717) is 6.17 Å². The maximum atomic E-state index is 7.44. The first-order valence-corrected chi connectivity index (χ1v) is 5.19. The smallest absolute Gasteiger partial charge is 0.0854 e. The molecule has 13 heavy (non-hydrogen) atoms. The Morgan fingerprint density at radius 1 is 1.23 bits per heavy atom. The van der Waals surface area contributed by atoms with E-state index in [0.717, 1.165) is 13.0 Å². The van der Waals surface area contributed by atoms with Crippen LogP contribution in [0.2, 0.25) is 0 Å². The molecule has 0 aliphatic rings. The molecule has 1 heterocycles. The zero-order valence-electron chi connectivity index (χ0n) is 9.37. The van der Waals surface area contributed by atoms with E-state index in [-0.39, 0.29) is 0 Å². The summed E-state index contributed by atoms with van der Waals surface area (Å²) in [5.41, 5.74) is 0. The van der Waals surface area contributed by atoms with Gasteiger partial charge in [0.25, 0.3) is 0 Å². The Morgan fingerprint density at radius 2 is 2.00 bits per heavy atom. The molecule has 1 rings (SSSR count). The minimum Gasteiger partial charge on any atom is -0.253 e. The van der Waals surface area contributed by atoms with E-state index in [1.165, 1.54) is 38.3 Å². The summed E-state index contributed by atoms with van der Waals surface area (Å²) in [6.45, 7) is 3.06. The summed E-state index contributed by atoms with van der Waals surface area (Å²) < 4.78 is 9.09. The second-order valence-electron chi connectivity index (χ2n) is 3.35. The maximum absolute atomic E-state index is 7.44. The van der Waals surface area contributed by atoms with Gasteiger partial charge in [-0.05, 0) is 6.42 Å². The predicted molar refractivity (Wildman–Crippen MR) is 53.4 cm³/mol. The van der Waals surface area contributed by atoms with Crippen LogP contribution in [0.5, 0.6) is 0 Å². The Bertz CT molecular complexity index is 247. The first-order chi connectivity index (χ1) is 6.84. The van der Waals surface area contributed by atoms with Crippen LogP contribution in [0.3, 0.4) is 0 Å². The van der Waals surface area contributed by atoms with E-state index in [1.807, 2.05) is 0 Å². The van der Waals surface area contributed by atoms with Gasteiger partial charge in [0.05, 0.1) is 7.57 Å². The third kappa shape index (κ3) is 4.65. The van der Waals surface area contributed by atoms with Crippen molar-refractivity contribution in [3.05, 3.63) is 12.4 Å². The molecule has 0 saturated heterocycles. The summed E-state index contributed by atoms with van der Waals surface area (Å²) in [6.07, 6.45) is 9.51. The molecule has 0 fully saturated rings. The molecule has 3 heteroatoms. The van der Waals surface area contributed by atoms with Crippen LogP contribution in [0.1, 0.15) is 46.8 Å². The number of rotatable bonds is 7. The molecule has 0 atom stereocenters. The predicted octanol–water partition coefficient (Wildman–Crippen LogP) is 2.64. The minimum absolute atomic E-state index is 0.415. The quantitative estimate of drug-likeness (QED) is 0.607. The Morgan fingerprint density at radius 3 is 2.69 bits per heavy atom. The summed E-state index contributed by atoms with van der Waals surface area (Å²) >= 11 is 0. The summed E-state index contributed by atoms with van der Waals surface area (Å²) in [4.78, 5) is 0. The van der Waals surface area contributed by atoms with Crippen molar-refractivity contribution < 1.29 is 1.37 Å². The molecule has 0 bridgehead atoms. The molecular formula is C10H19N3. The average Bonchev–Trinajstić information content (AvgIpc) is 2.58. The molecule has 0 radical (unpaired) electrons. The van der Waals surface area contributed by atoms with Crippen LogP contribution in [0.15, 0.2) is 12.4 Å². The average molecular weight is 182 g/mol. The lowest BCUT2D eigenvalue weighted by molar-refractivity contribution is 0.516. The SMILES string of the molecule is [2H]c1cnnn1CCCCCCCC. The molecule has 0 spiro atoms. The van der Waals surface area contributed by atoms with Crippen LogP contribution in [-0.2, 0) is 6.54 Å². The van der Waals surface area contributed by atoms with E-state index in [4.69, 9.17) is 1.37 Å². The van der Waals surface area contributed by atoms with Gasteiger partial charge in [0, 0.05) is 12.7 Å². The van der Waals surface area contributed by atoms with Crippen LogP contribution >= 0.6 is 0 Å². The molecule has 3 nitrogen and oxygen atoms in total. The molecule has 0 aliphatic heterocycles. The summed E-state index contributed by atoms with van der Waals surface area (Å²) in [7, 11) is 0. The van der Waals surface area contributed by atoms with Gasteiger partial charge in [0.2, 0.25) is 0 Å². The third-order valence-electron chi connectivity index (χ3n) is 2.15. The van der Waals surface area contributed by atoms with E-state index in [9.17, 15) is 0 Å². The topological polar surface area (TPSA) is 30.7 Å². The zero-order valence-corrected chi connectivity index (χ0v) is 8.37. The van der Waals surface area contributed by atoms with Gasteiger partial charge in [-0.25, -0.2) is 0 Å². The molecule has 1 aromatic rings. The highest BCUT2D eigenvalue weighted by Crippen LogP contribution is 2.05. The van der Waals surface area contributed by atoms with Crippen molar-refractivity contribution in [3.63, 3.8) is 0 Å². The molecule has 0 N–H and O–H groups in total. The van der Waals surface area contributed by atoms with Gasteiger partial charge in [-0.3, -0.25) is 4.68 Å². The van der Waals surface area contributed by atoms with Gasteiger partial charge >= 0.3 is 0 Å². The van der Waals surface area contributed by atoms with Crippen LogP contribution in [-0.4, -0.2) is 15.0 Å².